The van der Waals surface area contributed by atoms with Crippen molar-refractivity contribution < 1.29 is 8.42 Å². The molecule has 0 fully saturated rings. The Labute approximate surface area is 99.6 Å². The van der Waals surface area contributed by atoms with Crippen LogP contribution in [-0.2, 0) is 10.0 Å². The average molecular weight is 249 g/mol. The van der Waals surface area contributed by atoms with Gasteiger partial charge in [-0.15, -0.1) is 0 Å². The Balaban J connectivity index is 2.32. The molecule has 17 heavy (non-hydrogen) atoms. The molecule has 0 bridgehead atoms. The van der Waals surface area contributed by atoms with E-state index in [1.54, 1.807) is 18.2 Å². The molecule has 5 nitrogen and oxygen atoms in total. The van der Waals surface area contributed by atoms with Crippen LogP contribution in [0.25, 0.3) is 0 Å². The van der Waals surface area contributed by atoms with Gasteiger partial charge in [0.1, 0.15) is 0 Å². The molecular weight excluding hydrogens is 238 g/mol. The van der Waals surface area contributed by atoms with E-state index in [2.05, 4.69) is 14.7 Å². The highest BCUT2D eigenvalue weighted by molar-refractivity contribution is 7.92. The van der Waals surface area contributed by atoms with Crippen LogP contribution in [0, 0.1) is 6.92 Å². The van der Waals surface area contributed by atoms with E-state index in [1.807, 2.05) is 13.0 Å². The van der Waals surface area contributed by atoms with Crippen LogP contribution < -0.4 is 4.72 Å². The summed E-state index contributed by atoms with van der Waals surface area (Å²) in [7, 11) is -3.61. The Morgan fingerprint density at radius 1 is 1.12 bits per heavy atom. The van der Waals surface area contributed by atoms with E-state index in [-0.39, 0.29) is 10.8 Å². The number of nitrogens with one attached hydrogen (secondary N) is 1. The lowest BCUT2D eigenvalue weighted by Gasteiger charge is -2.06. The van der Waals surface area contributed by atoms with Crippen molar-refractivity contribution in [3.05, 3.63) is 48.3 Å². The number of anilines is 1. The zero-order chi connectivity index (χ0) is 12.3. The van der Waals surface area contributed by atoms with Crippen molar-refractivity contribution >= 4 is 16.0 Å². The average Bonchev–Trinajstić information content (AvgIpc) is 2.30. The maximum Gasteiger partial charge on any atom is 0.264 e. The largest absolute Gasteiger partial charge is 0.264 e. The minimum Gasteiger partial charge on any atom is -0.247 e. The van der Waals surface area contributed by atoms with E-state index in [0.29, 0.717) is 0 Å². The van der Waals surface area contributed by atoms with Crippen LogP contribution in [0.2, 0.25) is 0 Å². The molecule has 0 amide bonds. The Morgan fingerprint density at radius 2 is 1.82 bits per heavy atom. The lowest BCUT2D eigenvalue weighted by atomic mass is 10.2. The third-order valence-electron chi connectivity index (χ3n) is 2.09. The third-order valence-corrected chi connectivity index (χ3v) is 3.42. The standard InChI is InChI=1S/C11H11N3O2S/c1-9-4-2-5-10(8-9)17(15,16)14-11-12-6-3-7-13-11/h2-8H,1H3,(H,12,13,14). The maximum atomic E-state index is 12.0. The summed E-state index contributed by atoms with van der Waals surface area (Å²) in [4.78, 5) is 7.82. The summed E-state index contributed by atoms with van der Waals surface area (Å²) >= 11 is 0. The van der Waals surface area contributed by atoms with Crippen LogP contribution in [0.5, 0.6) is 0 Å². The molecule has 0 radical (unpaired) electrons. The predicted molar refractivity (Wildman–Crippen MR) is 64.0 cm³/mol. The molecule has 1 aromatic heterocycles. The first-order chi connectivity index (χ1) is 8.08. The number of hydrogen-bond donors (Lipinski definition) is 1. The molecular formula is C11H11N3O2S. The molecule has 2 rings (SSSR count). The van der Waals surface area contributed by atoms with E-state index >= 15 is 0 Å². The monoisotopic (exact) mass is 249 g/mol. The van der Waals surface area contributed by atoms with Gasteiger partial charge in [-0.3, -0.25) is 0 Å². The molecule has 0 aliphatic carbocycles. The third kappa shape index (κ3) is 2.79. The fourth-order valence-electron chi connectivity index (χ4n) is 1.31. The van der Waals surface area contributed by atoms with E-state index < -0.39 is 10.0 Å². The fourth-order valence-corrected chi connectivity index (χ4v) is 2.38. The SMILES string of the molecule is Cc1cccc(S(=O)(=O)Nc2ncccn2)c1. The second-order valence-corrected chi connectivity index (χ2v) is 5.18. The molecule has 6 heteroatoms. The molecule has 0 saturated heterocycles. The highest BCUT2D eigenvalue weighted by atomic mass is 32.2. The molecule has 0 atom stereocenters. The molecule has 2 aromatic rings. The van der Waals surface area contributed by atoms with Gasteiger partial charge in [0.05, 0.1) is 4.90 Å². The van der Waals surface area contributed by atoms with E-state index in [1.165, 1.54) is 18.5 Å². The number of nitrogens with zero attached hydrogens (tertiary/aromatic N) is 2. The smallest absolute Gasteiger partial charge is 0.247 e. The zero-order valence-corrected chi connectivity index (χ0v) is 9.98. The molecule has 1 aromatic carbocycles. The molecule has 0 saturated carbocycles. The van der Waals surface area contributed by atoms with Gasteiger partial charge >= 0.3 is 0 Å². The second-order valence-electron chi connectivity index (χ2n) is 3.49. The van der Waals surface area contributed by atoms with Crippen LogP contribution in [0.3, 0.4) is 0 Å². The number of rotatable bonds is 3. The Hall–Kier alpha value is -1.95. The maximum absolute atomic E-state index is 12.0. The van der Waals surface area contributed by atoms with Crippen molar-refractivity contribution in [1.29, 1.82) is 0 Å². The molecule has 0 spiro atoms. The zero-order valence-electron chi connectivity index (χ0n) is 9.16. The van der Waals surface area contributed by atoms with Gasteiger partial charge in [-0.1, -0.05) is 12.1 Å². The van der Waals surface area contributed by atoms with Gasteiger partial charge in [-0.25, -0.2) is 23.1 Å². The number of hydrogen-bond acceptors (Lipinski definition) is 4. The molecule has 0 aliphatic heterocycles. The van der Waals surface area contributed by atoms with Gasteiger partial charge in [0.15, 0.2) is 0 Å². The van der Waals surface area contributed by atoms with Gasteiger partial charge in [0, 0.05) is 12.4 Å². The van der Waals surface area contributed by atoms with Gasteiger partial charge in [0.2, 0.25) is 5.95 Å². The number of aryl methyl sites for hydroxylation is 1. The van der Waals surface area contributed by atoms with Gasteiger partial charge in [-0.2, -0.15) is 0 Å². The quantitative estimate of drug-likeness (QED) is 0.896. The Morgan fingerprint density at radius 3 is 2.47 bits per heavy atom. The number of sulfonamides is 1. The first kappa shape index (κ1) is 11.5. The van der Waals surface area contributed by atoms with Crippen LogP contribution in [-0.4, -0.2) is 18.4 Å². The van der Waals surface area contributed by atoms with Crippen molar-refractivity contribution in [1.82, 2.24) is 9.97 Å². The summed E-state index contributed by atoms with van der Waals surface area (Å²) in [5, 5.41) is 0. The minimum atomic E-state index is -3.61. The Bertz CT molecular complexity index is 612. The van der Waals surface area contributed by atoms with Crippen molar-refractivity contribution in [2.45, 2.75) is 11.8 Å². The summed E-state index contributed by atoms with van der Waals surface area (Å²) in [6.07, 6.45) is 2.95. The number of aromatic nitrogens is 2. The normalized spacial score (nSPS) is 11.1. The topological polar surface area (TPSA) is 72.0 Å². The van der Waals surface area contributed by atoms with Crippen LogP contribution in [0.1, 0.15) is 5.56 Å². The fraction of sp³-hybridized carbons (Fsp3) is 0.0909. The van der Waals surface area contributed by atoms with Crippen LogP contribution in [0.15, 0.2) is 47.6 Å². The lowest BCUT2D eigenvalue weighted by molar-refractivity contribution is 0.600. The van der Waals surface area contributed by atoms with E-state index in [4.69, 9.17) is 0 Å². The summed E-state index contributed by atoms with van der Waals surface area (Å²) in [6, 6.07) is 8.25. The van der Waals surface area contributed by atoms with Crippen LogP contribution >= 0.6 is 0 Å². The highest BCUT2D eigenvalue weighted by Gasteiger charge is 2.14. The van der Waals surface area contributed by atoms with Gasteiger partial charge in [0.25, 0.3) is 10.0 Å². The van der Waals surface area contributed by atoms with Crippen molar-refractivity contribution in [2.75, 3.05) is 4.72 Å². The Kier molecular flexibility index (Phi) is 3.06. The van der Waals surface area contributed by atoms with Crippen molar-refractivity contribution in [3.63, 3.8) is 0 Å². The van der Waals surface area contributed by atoms with Crippen molar-refractivity contribution in [3.8, 4) is 0 Å². The first-order valence-electron chi connectivity index (χ1n) is 4.94. The summed E-state index contributed by atoms with van der Waals surface area (Å²) < 4.78 is 26.2. The summed E-state index contributed by atoms with van der Waals surface area (Å²) in [6.45, 7) is 1.83. The van der Waals surface area contributed by atoms with Crippen LogP contribution in [0.4, 0.5) is 5.95 Å². The predicted octanol–water partition coefficient (Wildman–Crippen LogP) is 1.59. The molecule has 0 aliphatic rings. The number of benzene rings is 1. The summed E-state index contributed by atoms with van der Waals surface area (Å²) in [5.41, 5.74) is 0.877. The lowest BCUT2D eigenvalue weighted by Crippen LogP contribution is -2.14. The van der Waals surface area contributed by atoms with E-state index in [9.17, 15) is 8.42 Å². The van der Waals surface area contributed by atoms with Crippen molar-refractivity contribution in [2.24, 2.45) is 0 Å². The second kappa shape index (κ2) is 4.50. The molecule has 0 unspecified atom stereocenters. The van der Waals surface area contributed by atoms with E-state index in [0.717, 1.165) is 5.56 Å². The minimum absolute atomic E-state index is 0.0639. The molecule has 88 valence electrons. The van der Waals surface area contributed by atoms with Gasteiger partial charge in [-0.05, 0) is 30.7 Å². The summed E-state index contributed by atoms with van der Waals surface area (Å²) in [5.74, 6) is 0.0639. The molecule has 1 heterocycles. The molecule has 1 N–H and O–H groups in total. The first-order valence-corrected chi connectivity index (χ1v) is 6.43. The highest BCUT2D eigenvalue weighted by Crippen LogP contribution is 2.13. The van der Waals surface area contributed by atoms with Gasteiger partial charge < -0.3 is 0 Å².